The van der Waals surface area contributed by atoms with E-state index in [4.69, 9.17) is 9.47 Å². The van der Waals surface area contributed by atoms with E-state index in [-0.39, 0.29) is 12.3 Å². The first-order valence-electron chi connectivity index (χ1n) is 9.65. The second kappa shape index (κ2) is 8.23. The molecule has 0 bridgehead atoms. The molecule has 3 aromatic rings. The Kier molecular flexibility index (Phi) is 5.50. The molecular formula is C22H22N2O5S. The van der Waals surface area contributed by atoms with Crippen molar-refractivity contribution in [3.8, 4) is 11.5 Å². The number of hydrogen-bond donors (Lipinski definition) is 1. The van der Waals surface area contributed by atoms with E-state index >= 15 is 0 Å². The molecule has 1 aliphatic heterocycles. The number of rotatable bonds is 6. The number of ether oxygens (including phenoxy) is 2. The van der Waals surface area contributed by atoms with Crippen molar-refractivity contribution in [2.24, 2.45) is 0 Å². The minimum atomic E-state index is -3.69. The number of benzene rings is 3. The number of carbonyl (C=O) groups is 1. The van der Waals surface area contributed by atoms with Crippen LogP contribution in [0.3, 0.4) is 0 Å². The Bertz CT molecular complexity index is 1190. The van der Waals surface area contributed by atoms with Gasteiger partial charge in [-0.2, -0.15) is 0 Å². The van der Waals surface area contributed by atoms with Gasteiger partial charge < -0.3 is 14.8 Å². The number of carbonyl (C=O) groups excluding carboxylic acids is 1. The highest BCUT2D eigenvalue weighted by molar-refractivity contribution is 7.92. The summed E-state index contributed by atoms with van der Waals surface area (Å²) in [6.07, 6.45) is 0. The average molecular weight is 426 g/mol. The molecular weight excluding hydrogens is 404 g/mol. The zero-order chi connectivity index (χ0) is 21.1. The number of fused-ring (bicyclic) bond motifs is 2. The molecule has 0 unspecified atom stereocenters. The van der Waals surface area contributed by atoms with Crippen LogP contribution in [0.2, 0.25) is 0 Å². The van der Waals surface area contributed by atoms with E-state index in [2.05, 4.69) is 5.32 Å². The summed E-state index contributed by atoms with van der Waals surface area (Å²) < 4.78 is 37.6. The monoisotopic (exact) mass is 426 g/mol. The Balaban J connectivity index is 1.58. The molecule has 0 spiro atoms. The lowest BCUT2D eigenvalue weighted by molar-refractivity contribution is -0.114. The first-order chi connectivity index (χ1) is 14.5. The predicted octanol–water partition coefficient (Wildman–Crippen LogP) is 3.41. The third-order valence-electron chi connectivity index (χ3n) is 4.83. The van der Waals surface area contributed by atoms with E-state index in [0.29, 0.717) is 36.1 Å². The van der Waals surface area contributed by atoms with Crippen LogP contribution in [0.25, 0.3) is 10.8 Å². The van der Waals surface area contributed by atoms with Crippen LogP contribution in [0, 0.1) is 0 Å². The summed E-state index contributed by atoms with van der Waals surface area (Å²) in [6.45, 7) is 2.03. The number of nitrogens with one attached hydrogen (secondary N) is 1. The molecule has 1 aliphatic rings. The average Bonchev–Trinajstić information content (AvgIpc) is 2.77. The quantitative estimate of drug-likeness (QED) is 0.653. The van der Waals surface area contributed by atoms with E-state index in [1.807, 2.05) is 36.4 Å². The molecule has 30 heavy (non-hydrogen) atoms. The molecule has 0 aliphatic carbocycles. The van der Waals surface area contributed by atoms with Crippen LogP contribution in [-0.4, -0.2) is 39.8 Å². The van der Waals surface area contributed by atoms with Crippen molar-refractivity contribution in [3.63, 3.8) is 0 Å². The summed E-state index contributed by atoms with van der Waals surface area (Å²) in [4.78, 5) is 12.7. The van der Waals surface area contributed by atoms with Gasteiger partial charge in [-0.15, -0.1) is 0 Å². The van der Waals surface area contributed by atoms with Crippen LogP contribution in [0.15, 0.2) is 60.7 Å². The van der Waals surface area contributed by atoms with Gasteiger partial charge in [0.1, 0.15) is 19.8 Å². The number of sulfonamides is 1. The highest BCUT2D eigenvalue weighted by Gasteiger charge is 2.25. The first-order valence-corrected chi connectivity index (χ1v) is 11.3. The molecule has 3 aromatic carbocycles. The summed E-state index contributed by atoms with van der Waals surface area (Å²) in [5, 5.41) is 4.84. The fourth-order valence-electron chi connectivity index (χ4n) is 3.29. The van der Waals surface area contributed by atoms with Crippen LogP contribution < -0.4 is 19.1 Å². The number of nitrogens with zero attached hydrogens (tertiary/aromatic N) is 1. The largest absolute Gasteiger partial charge is 0.486 e. The van der Waals surface area contributed by atoms with Crippen molar-refractivity contribution < 1.29 is 22.7 Å². The maximum atomic E-state index is 12.7. The van der Waals surface area contributed by atoms with E-state index in [9.17, 15) is 13.2 Å². The lowest BCUT2D eigenvalue weighted by Gasteiger charge is -2.25. The molecule has 0 saturated heterocycles. The fraction of sp³-hybridized carbons (Fsp3) is 0.227. The van der Waals surface area contributed by atoms with Crippen LogP contribution in [0.4, 0.5) is 11.4 Å². The molecule has 0 fully saturated rings. The summed E-state index contributed by atoms with van der Waals surface area (Å²) in [6, 6.07) is 18.2. The van der Waals surface area contributed by atoms with Crippen molar-refractivity contribution in [2.45, 2.75) is 6.92 Å². The predicted molar refractivity (Wildman–Crippen MR) is 117 cm³/mol. The normalized spacial score (nSPS) is 13.1. The third kappa shape index (κ3) is 4.18. The maximum absolute atomic E-state index is 12.7. The smallest absolute Gasteiger partial charge is 0.245 e. The van der Waals surface area contributed by atoms with Gasteiger partial charge in [0.2, 0.25) is 15.9 Å². The Labute approximate surface area is 175 Å². The lowest BCUT2D eigenvalue weighted by atomic mass is 10.1. The van der Waals surface area contributed by atoms with Crippen LogP contribution in [-0.2, 0) is 14.8 Å². The molecule has 1 amide bonds. The lowest BCUT2D eigenvalue weighted by Crippen LogP contribution is -2.39. The van der Waals surface area contributed by atoms with Crippen molar-refractivity contribution in [2.75, 3.05) is 35.1 Å². The highest BCUT2D eigenvalue weighted by atomic mass is 32.2. The van der Waals surface area contributed by atoms with Gasteiger partial charge in [0, 0.05) is 11.8 Å². The van der Waals surface area contributed by atoms with E-state index in [0.717, 1.165) is 15.1 Å². The topological polar surface area (TPSA) is 84.9 Å². The van der Waals surface area contributed by atoms with Gasteiger partial charge in [-0.3, -0.25) is 9.10 Å². The van der Waals surface area contributed by atoms with Gasteiger partial charge in [-0.1, -0.05) is 30.3 Å². The van der Waals surface area contributed by atoms with Gasteiger partial charge in [0.15, 0.2) is 11.5 Å². The van der Waals surface area contributed by atoms with Crippen LogP contribution in [0.1, 0.15) is 6.92 Å². The molecule has 0 atom stereocenters. The first kappa shape index (κ1) is 20.0. The second-order valence-corrected chi connectivity index (χ2v) is 9.03. The number of hydrogen-bond acceptors (Lipinski definition) is 5. The Hall–Kier alpha value is -3.26. The van der Waals surface area contributed by atoms with Crippen LogP contribution >= 0.6 is 0 Å². The summed E-state index contributed by atoms with van der Waals surface area (Å²) >= 11 is 0. The van der Waals surface area contributed by atoms with Gasteiger partial charge >= 0.3 is 0 Å². The van der Waals surface area contributed by atoms with Gasteiger partial charge in [-0.05, 0) is 42.0 Å². The van der Waals surface area contributed by atoms with E-state index in [1.165, 1.54) is 0 Å². The van der Waals surface area contributed by atoms with E-state index in [1.54, 1.807) is 31.2 Å². The highest BCUT2D eigenvalue weighted by Crippen LogP contribution is 2.34. The van der Waals surface area contributed by atoms with Gasteiger partial charge in [0.05, 0.1) is 11.4 Å². The SMILES string of the molecule is CCS(=O)(=O)N(CC(=O)Nc1ccc2ccccc2c1)c1ccc2c(c1)OCCO2. The van der Waals surface area contributed by atoms with Gasteiger partial charge in [0.25, 0.3) is 0 Å². The van der Waals surface area contributed by atoms with Crippen molar-refractivity contribution in [3.05, 3.63) is 60.7 Å². The molecule has 1 heterocycles. The summed E-state index contributed by atoms with van der Waals surface area (Å²) in [5.41, 5.74) is 0.962. The standard InChI is InChI=1S/C22H22N2O5S/c1-2-30(26,27)24(19-9-10-20-21(14-19)29-12-11-28-20)15-22(25)23-18-8-7-16-5-3-4-6-17(16)13-18/h3-10,13-14H,2,11-12,15H2,1H3,(H,23,25). The molecule has 0 radical (unpaired) electrons. The minimum Gasteiger partial charge on any atom is -0.486 e. The zero-order valence-electron chi connectivity index (χ0n) is 16.5. The molecule has 7 nitrogen and oxygen atoms in total. The van der Waals surface area contributed by atoms with E-state index < -0.39 is 15.9 Å². The number of anilines is 2. The summed E-state index contributed by atoms with van der Waals surface area (Å²) in [5.74, 6) is 0.451. The Morgan fingerprint density at radius 1 is 0.967 bits per heavy atom. The molecule has 1 N–H and O–H groups in total. The molecule has 156 valence electrons. The van der Waals surface area contributed by atoms with Crippen LogP contribution in [0.5, 0.6) is 11.5 Å². The molecule has 4 rings (SSSR count). The second-order valence-electron chi connectivity index (χ2n) is 6.85. The molecule has 8 heteroatoms. The number of amides is 1. The fourth-order valence-corrected chi connectivity index (χ4v) is 4.35. The van der Waals surface area contributed by atoms with Crippen molar-refractivity contribution in [1.29, 1.82) is 0 Å². The Morgan fingerprint density at radius 2 is 1.70 bits per heavy atom. The summed E-state index contributed by atoms with van der Waals surface area (Å²) in [7, 11) is -3.69. The van der Waals surface area contributed by atoms with Crippen molar-refractivity contribution >= 4 is 38.1 Å². The van der Waals surface area contributed by atoms with Gasteiger partial charge in [-0.25, -0.2) is 8.42 Å². The molecule has 0 saturated carbocycles. The zero-order valence-corrected chi connectivity index (χ0v) is 17.3. The Morgan fingerprint density at radius 3 is 2.47 bits per heavy atom. The van der Waals surface area contributed by atoms with Crippen molar-refractivity contribution in [1.82, 2.24) is 0 Å². The third-order valence-corrected chi connectivity index (χ3v) is 6.58. The minimum absolute atomic E-state index is 0.134. The molecule has 0 aromatic heterocycles. The maximum Gasteiger partial charge on any atom is 0.245 e.